The van der Waals surface area contributed by atoms with Crippen LogP contribution in [-0.4, -0.2) is 42.0 Å². The third-order valence-electron chi connectivity index (χ3n) is 4.95. The van der Waals surface area contributed by atoms with Gasteiger partial charge in [0.2, 0.25) is 0 Å². The van der Waals surface area contributed by atoms with Gasteiger partial charge >= 0.3 is 0 Å². The summed E-state index contributed by atoms with van der Waals surface area (Å²) in [5, 5.41) is 9.08. The van der Waals surface area contributed by atoms with Crippen molar-refractivity contribution in [3.8, 4) is 17.3 Å². The van der Waals surface area contributed by atoms with E-state index in [1.165, 1.54) is 0 Å². The largest absolute Gasteiger partial charge is 0.368 e. The summed E-state index contributed by atoms with van der Waals surface area (Å²) in [4.78, 5) is 20.4. The van der Waals surface area contributed by atoms with E-state index >= 15 is 0 Å². The van der Waals surface area contributed by atoms with Gasteiger partial charge < -0.3 is 14.8 Å². The van der Waals surface area contributed by atoms with Crippen molar-refractivity contribution in [2.24, 2.45) is 0 Å². The summed E-state index contributed by atoms with van der Waals surface area (Å²) in [7, 11) is 0. The molecule has 0 unspecified atom stereocenters. The molecule has 0 spiro atoms. The maximum Gasteiger partial charge on any atom is 0.256 e. The number of benzene rings is 2. The number of carbonyl (C=O) groups excluding carboxylic acids is 1. The summed E-state index contributed by atoms with van der Waals surface area (Å²) in [5.74, 6) is 0.0560. The minimum absolute atomic E-state index is 0.0560. The SMILES string of the molecule is N#Cc1cccc(N2CCN(C(=O)c3cc[nH]c3-c3ccccc3)CC2)c1. The molecule has 1 saturated heterocycles. The lowest BCUT2D eigenvalue weighted by atomic mass is 10.1. The van der Waals surface area contributed by atoms with Gasteiger partial charge in [0.1, 0.15) is 0 Å². The Hall–Kier alpha value is -3.52. The summed E-state index contributed by atoms with van der Waals surface area (Å²) < 4.78 is 0. The van der Waals surface area contributed by atoms with Gasteiger partial charge in [-0.15, -0.1) is 0 Å². The van der Waals surface area contributed by atoms with Crippen molar-refractivity contribution in [2.75, 3.05) is 31.1 Å². The average molecular weight is 356 g/mol. The Bertz CT molecular complexity index is 979. The summed E-state index contributed by atoms with van der Waals surface area (Å²) >= 11 is 0. The van der Waals surface area contributed by atoms with Gasteiger partial charge in [-0.25, -0.2) is 0 Å². The Labute approximate surface area is 158 Å². The number of H-pyrrole nitrogens is 1. The van der Waals surface area contributed by atoms with E-state index in [0.717, 1.165) is 30.0 Å². The Morgan fingerprint density at radius 3 is 2.48 bits per heavy atom. The lowest BCUT2D eigenvalue weighted by Gasteiger charge is -2.36. The number of nitrogens with zero attached hydrogens (tertiary/aromatic N) is 3. The lowest BCUT2D eigenvalue weighted by Crippen LogP contribution is -2.48. The quantitative estimate of drug-likeness (QED) is 0.781. The molecule has 0 bridgehead atoms. The van der Waals surface area contributed by atoms with Crippen molar-refractivity contribution in [3.63, 3.8) is 0 Å². The Morgan fingerprint density at radius 2 is 1.74 bits per heavy atom. The molecule has 27 heavy (non-hydrogen) atoms. The highest BCUT2D eigenvalue weighted by Crippen LogP contribution is 2.24. The first-order valence-corrected chi connectivity index (χ1v) is 9.03. The topological polar surface area (TPSA) is 63.1 Å². The number of hydrogen-bond donors (Lipinski definition) is 1. The molecule has 134 valence electrons. The van der Waals surface area contributed by atoms with Crippen LogP contribution in [-0.2, 0) is 0 Å². The minimum Gasteiger partial charge on any atom is -0.368 e. The molecule has 1 aliphatic heterocycles. The lowest BCUT2D eigenvalue weighted by molar-refractivity contribution is 0.0748. The van der Waals surface area contributed by atoms with Crippen LogP contribution in [0.3, 0.4) is 0 Å². The number of carbonyl (C=O) groups is 1. The number of nitrogens with one attached hydrogen (secondary N) is 1. The molecule has 0 saturated carbocycles. The van der Waals surface area contributed by atoms with Gasteiger partial charge in [-0.3, -0.25) is 4.79 Å². The summed E-state index contributed by atoms with van der Waals surface area (Å²) in [6.07, 6.45) is 1.82. The van der Waals surface area contributed by atoms with Crippen molar-refractivity contribution in [1.82, 2.24) is 9.88 Å². The normalized spacial score (nSPS) is 14.0. The van der Waals surface area contributed by atoms with Crippen molar-refractivity contribution in [3.05, 3.63) is 78.0 Å². The molecule has 1 N–H and O–H groups in total. The van der Waals surface area contributed by atoms with Crippen molar-refractivity contribution < 1.29 is 4.79 Å². The zero-order valence-electron chi connectivity index (χ0n) is 14.9. The molecule has 1 amide bonds. The van der Waals surface area contributed by atoms with Gasteiger partial charge in [0.25, 0.3) is 5.91 Å². The summed E-state index contributed by atoms with van der Waals surface area (Å²) in [6, 6.07) is 21.6. The highest BCUT2D eigenvalue weighted by Gasteiger charge is 2.25. The van der Waals surface area contributed by atoms with Crippen molar-refractivity contribution >= 4 is 11.6 Å². The van der Waals surface area contributed by atoms with Crippen LogP contribution in [0.5, 0.6) is 0 Å². The molecule has 0 aliphatic carbocycles. The first-order valence-electron chi connectivity index (χ1n) is 9.03. The zero-order chi connectivity index (χ0) is 18.6. The van der Waals surface area contributed by atoms with Crippen LogP contribution in [0.15, 0.2) is 66.9 Å². The molecule has 0 radical (unpaired) electrons. The highest BCUT2D eigenvalue weighted by atomic mass is 16.2. The highest BCUT2D eigenvalue weighted by molar-refractivity contribution is 6.00. The molecule has 4 rings (SSSR count). The fourth-order valence-electron chi connectivity index (χ4n) is 3.50. The predicted molar refractivity (Wildman–Crippen MR) is 106 cm³/mol. The number of anilines is 1. The van der Waals surface area contributed by atoms with E-state index in [0.29, 0.717) is 24.2 Å². The van der Waals surface area contributed by atoms with Gasteiger partial charge in [0.05, 0.1) is 22.9 Å². The number of aromatic amines is 1. The maximum atomic E-state index is 13.0. The number of piperazine rings is 1. The molecule has 5 nitrogen and oxygen atoms in total. The fraction of sp³-hybridized carbons (Fsp3) is 0.182. The van der Waals surface area contributed by atoms with E-state index in [4.69, 9.17) is 5.26 Å². The van der Waals surface area contributed by atoms with E-state index in [2.05, 4.69) is 16.0 Å². The standard InChI is InChI=1S/C22H20N4O/c23-16-17-5-4-8-19(15-17)25-11-13-26(14-12-25)22(27)20-9-10-24-21(20)18-6-2-1-3-7-18/h1-10,15,24H,11-14H2. The molecule has 5 heteroatoms. The van der Waals surface area contributed by atoms with Crippen LogP contribution in [0.2, 0.25) is 0 Å². The first-order chi connectivity index (χ1) is 13.3. The van der Waals surface area contributed by atoms with Gasteiger partial charge in [-0.2, -0.15) is 5.26 Å². The van der Waals surface area contributed by atoms with Crippen LogP contribution >= 0.6 is 0 Å². The summed E-state index contributed by atoms with van der Waals surface area (Å²) in [6.45, 7) is 2.83. The van der Waals surface area contributed by atoms with E-state index in [1.807, 2.05) is 65.7 Å². The monoisotopic (exact) mass is 356 g/mol. The summed E-state index contributed by atoms with van der Waals surface area (Å²) in [5.41, 5.74) is 4.28. The molecule has 2 heterocycles. The molecule has 0 atom stereocenters. The predicted octanol–water partition coefficient (Wildman–Crippen LogP) is 3.52. The maximum absolute atomic E-state index is 13.0. The second-order valence-corrected chi connectivity index (χ2v) is 6.57. The average Bonchev–Trinajstić information content (AvgIpc) is 3.24. The van der Waals surface area contributed by atoms with Gasteiger partial charge in [0.15, 0.2) is 0 Å². The second kappa shape index (κ2) is 7.38. The molecule has 1 aromatic heterocycles. The van der Waals surface area contributed by atoms with Crippen LogP contribution in [0, 0.1) is 11.3 Å². The van der Waals surface area contributed by atoms with E-state index < -0.39 is 0 Å². The molecule has 2 aromatic carbocycles. The molecule has 3 aromatic rings. The first kappa shape index (κ1) is 16.9. The number of rotatable bonds is 3. The van der Waals surface area contributed by atoms with Gasteiger partial charge in [-0.05, 0) is 29.8 Å². The van der Waals surface area contributed by atoms with E-state index in [1.54, 1.807) is 6.07 Å². The Kier molecular flexibility index (Phi) is 4.63. The van der Waals surface area contributed by atoms with Crippen LogP contribution in [0.25, 0.3) is 11.3 Å². The van der Waals surface area contributed by atoms with E-state index in [9.17, 15) is 4.79 Å². The molecular formula is C22H20N4O. The molecule has 1 fully saturated rings. The smallest absolute Gasteiger partial charge is 0.256 e. The van der Waals surface area contributed by atoms with Crippen LogP contribution < -0.4 is 4.90 Å². The molecular weight excluding hydrogens is 336 g/mol. The Morgan fingerprint density at radius 1 is 0.963 bits per heavy atom. The third kappa shape index (κ3) is 3.42. The third-order valence-corrected chi connectivity index (χ3v) is 4.95. The van der Waals surface area contributed by atoms with Crippen LogP contribution in [0.1, 0.15) is 15.9 Å². The number of nitriles is 1. The van der Waals surface area contributed by atoms with E-state index in [-0.39, 0.29) is 5.91 Å². The fourth-order valence-corrected chi connectivity index (χ4v) is 3.50. The number of aromatic nitrogens is 1. The van der Waals surface area contributed by atoms with Gasteiger partial charge in [0, 0.05) is 38.1 Å². The van der Waals surface area contributed by atoms with Gasteiger partial charge in [-0.1, -0.05) is 36.4 Å². The Balaban J connectivity index is 1.47. The van der Waals surface area contributed by atoms with Crippen molar-refractivity contribution in [2.45, 2.75) is 0 Å². The van der Waals surface area contributed by atoms with Crippen LogP contribution in [0.4, 0.5) is 5.69 Å². The molecule has 1 aliphatic rings. The number of amides is 1. The minimum atomic E-state index is 0.0560. The number of hydrogen-bond acceptors (Lipinski definition) is 3. The van der Waals surface area contributed by atoms with Crippen molar-refractivity contribution in [1.29, 1.82) is 5.26 Å². The zero-order valence-corrected chi connectivity index (χ0v) is 14.9. The second-order valence-electron chi connectivity index (χ2n) is 6.57.